The van der Waals surface area contributed by atoms with Crippen LogP contribution >= 0.6 is 15.9 Å². The van der Waals surface area contributed by atoms with Crippen LogP contribution in [0.2, 0.25) is 0 Å². The van der Waals surface area contributed by atoms with Crippen molar-refractivity contribution in [3.63, 3.8) is 0 Å². The van der Waals surface area contributed by atoms with Gasteiger partial charge in [-0.25, -0.2) is 12.8 Å². The van der Waals surface area contributed by atoms with E-state index in [1.807, 2.05) is 18.2 Å². The van der Waals surface area contributed by atoms with E-state index >= 15 is 0 Å². The fraction of sp³-hybridized carbons (Fsp3) is 0.0588. The van der Waals surface area contributed by atoms with Gasteiger partial charge in [-0.05, 0) is 29.7 Å². The normalized spacial score (nSPS) is 15.3. The molecule has 4 rings (SSSR count). The standard InChI is InChI=1S/C17H11BrFNO2S/c18-13-8-7-12(14(19)9-13)10-20-15-5-1-3-11-4-2-6-16(17(11)15)23(20,21)22/h1-9H,10H2. The Labute approximate surface area is 141 Å². The summed E-state index contributed by atoms with van der Waals surface area (Å²) >= 11 is 3.21. The van der Waals surface area contributed by atoms with Gasteiger partial charge in [0.25, 0.3) is 10.0 Å². The first-order valence-corrected chi connectivity index (χ1v) is 9.20. The Bertz CT molecular complexity index is 1040. The quantitative estimate of drug-likeness (QED) is 0.646. The van der Waals surface area contributed by atoms with Gasteiger partial charge in [-0.1, -0.05) is 46.3 Å². The van der Waals surface area contributed by atoms with Crippen LogP contribution in [0, 0.1) is 5.82 Å². The van der Waals surface area contributed by atoms with Crippen LogP contribution in [0.5, 0.6) is 0 Å². The topological polar surface area (TPSA) is 37.4 Å². The van der Waals surface area contributed by atoms with Crippen LogP contribution in [-0.4, -0.2) is 8.42 Å². The lowest BCUT2D eigenvalue weighted by atomic mass is 10.1. The SMILES string of the molecule is O=S1(=O)c2cccc3cccc(c23)N1Cc1ccc(Br)cc1F. The van der Waals surface area contributed by atoms with Gasteiger partial charge in [-0.3, -0.25) is 4.31 Å². The summed E-state index contributed by atoms with van der Waals surface area (Å²) in [5.74, 6) is -0.433. The van der Waals surface area contributed by atoms with Crippen molar-refractivity contribution in [1.29, 1.82) is 0 Å². The molecule has 0 saturated carbocycles. The van der Waals surface area contributed by atoms with Gasteiger partial charge >= 0.3 is 0 Å². The largest absolute Gasteiger partial charge is 0.265 e. The predicted molar refractivity (Wildman–Crippen MR) is 91.4 cm³/mol. The van der Waals surface area contributed by atoms with Crippen LogP contribution in [0.1, 0.15) is 5.56 Å². The molecule has 0 saturated heterocycles. The Balaban J connectivity index is 1.89. The highest BCUT2D eigenvalue weighted by atomic mass is 79.9. The summed E-state index contributed by atoms with van der Waals surface area (Å²) in [5.41, 5.74) is 0.932. The zero-order valence-electron chi connectivity index (χ0n) is 11.8. The third-order valence-electron chi connectivity index (χ3n) is 4.01. The average Bonchev–Trinajstić information content (AvgIpc) is 2.73. The van der Waals surface area contributed by atoms with Gasteiger partial charge in [0.15, 0.2) is 0 Å². The van der Waals surface area contributed by atoms with E-state index in [1.54, 1.807) is 30.3 Å². The van der Waals surface area contributed by atoms with Gasteiger partial charge < -0.3 is 0 Å². The first-order chi connectivity index (χ1) is 11.0. The van der Waals surface area contributed by atoms with E-state index in [2.05, 4.69) is 15.9 Å². The van der Waals surface area contributed by atoms with Crippen molar-refractivity contribution in [2.75, 3.05) is 4.31 Å². The van der Waals surface area contributed by atoms with Gasteiger partial charge in [-0.2, -0.15) is 0 Å². The molecule has 0 aromatic heterocycles. The van der Waals surface area contributed by atoms with Crippen molar-refractivity contribution in [1.82, 2.24) is 0 Å². The monoisotopic (exact) mass is 391 g/mol. The van der Waals surface area contributed by atoms with Gasteiger partial charge in [0.05, 0.1) is 17.1 Å². The van der Waals surface area contributed by atoms with Gasteiger partial charge in [0.2, 0.25) is 0 Å². The molecule has 1 aliphatic heterocycles. The smallest absolute Gasteiger partial charge is 0.261 e. The lowest BCUT2D eigenvalue weighted by molar-refractivity contribution is 0.588. The Morgan fingerprint density at radius 2 is 1.78 bits per heavy atom. The van der Waals surface area contributed by atoms with Gasteiger partial charge in [-0.15, -0.1) is 0 Å². The fourth-order valence-corrected chi connectivity index (χ4v) is 4.95. The highest BCUT2D eigenvalue weighted by Gasteiger charge is 2.35. The number of hydrogen-bond donors (Lipinski definition) is 0. The van der Waals surface area contributed by atoms with Crippen molar-refractivity contribution >= 4 is 42.4 Å². The van der Waals surface area contributed by atoms with E-state index in [0.717, 1.165) is 5.39 Å². The van der Waals surface area contributed by atoms with E-state index in [-0.39, 0.29) is 11.4 Å². The van der Waals surface area contributed by atoms with Crippen LogP contribution < -0.4 is 4.31 Å². The molecule has 6 heteroatoms. The minimum Gasteiger partial charge on any atom is -0.261 e. The second kappa shape index (κ2) is 5.04. The molecule has 0 spiro atoms. The number of rotatable bonds is 2. The van der Waals surface area contributed by atoms with E-state index < -0.39 is 15.8 Å². The van der Waals surface area contributed by atoms with E-state index in [0.29, 0.717) is 21.1 Å². The Morgan fingerprint density at radius 1 is 1.04 bits per heavy atom. The Kier molecular flexibility index (Phi) is 3.21. The van der Waals surface area contributed by atoms with Crippen LogP contribution in [0.15, 0.2) is 64.0 Å². The zero-order chi connectivity index (χ0) is 16.2. The third-order valence-corrected chi connectivity index (χ3v) is 6.31. The lowest BCUT2D eigenvalue weighted by Gasteiger charge is -2.19. The molecule has 116 valence electrons. The van der Waals surface area contributed by atoms with Crippen molar-refractivity contribution in [2.24, 2.45) is 0 Å². The van der Waals surface area contributed by atoms with Gasteiger partial charge in [0, 0.05) is 15.4 Å². The molecule has 3 aromatic rings. The average molecular weight is 392 g/mol. The number of nitrogens with zero attached hydrogens (tertiary/aromatic N) is 1. The fourth-order valence-electron chi connectivity index (χ4n) is 2.93. The molecule has 0 unspecified atom stereocenters. The molecule has 1 aliphatic rings. The third kappa shape index (κ3) is 2.16. The molecule has 0 fully saturated rings. The Morgan fingerprint density at radius 3 is 2.52 bits per heavy atom. The van der Waals surface area contributed by atoms with E-state index in [4.69, 9.17) is 0 Å². The van der Waals surface area contributed by atoms with Gasteiger partial charge in [0.1, 0.15) is 5.82 Å². The molecule has 0 radical (unpaired) electrons. The molecule has 0 aliphatic carbocycles. The molecule has 3 nitrogen and oxygen atoms in total. The summed E-state index contributed by atoms with van der Waals surface area (Å²) in [6.07, 6.45) is 0. The highest BCUT2D eigenvalue weighted by molar-refractivity contribution is 9.10. The van der Waals surface area contributed by atoms with Crippen molar-refractivity contribution < 1.29 is 12.8 Å². The minimum atomic E-state index is -3.67. The first-order valence-electron chi connectivity index (χ1n) is 6.97. The number of hydrogen-bond acceptors (Lipinski definition) is 2. The number of anilines is 1. The molecule has 0 amide bonds. The number of benzene rings is 3. The summed E-state index contributed by atoms with van der Waals surface area (Å²) < 4.78 is 41.7. The molecule has 0 bridgehead atoms. The lowest BCUT2D eigenvalue weighted by Crippen LogP contribution is -2.26. The maximum Gasteiger partial charge on any atom is 0.265 e. The van der Waals surface area contributed by atoms with Crippen molar-refractivity contribution in [3.05, 3.63) is 70.5 Å². The van der Waals surface area contributed by atoms with Crippen LogP contribution in [-0.2, 0) is 16.6 Å². The molecular formula is C17H11BrFNO2S. The molecule has 23 heavy (non-hydrogen) atoms. The van der Waals surface area contributed by atoms with Crippen molar-refractivity contribution in [2.45, 2.75) is 11.4 Å². The molecule has 3 aromatic carbocycles. The number of sulfonamides is 1. The van der Waals surface area contributed by atoms with Crippen LogP contribution in [0.3, 0.4) is 0 Å². The first kappa shape index (κ1) is 14.7. The predicted octanol–water partition coefficient (Wildman–Crippen LogP) is 4.45. The molecule has 1 heterocycles. The summed E-state index contributed by atoms with van der Waals surface area (Å²) in [5, 5.41) is 1.56. The highest BCUT2D eigenvalue weighted by Crippen LogP contribution is 2.42. The van der Waals surface area contributed by atoms with Crippen molar-refractivity contribution in [3.8, 4) is 0 Å². The minimum absolute atomic E-state index is 0.0325. The maximum atomic E-state index is 14.1. The van der Waals surface area contributed by atoms with E-state index in [1.165, 1.54) is 10.4 Å². The molecule has 0 atom stereocenters. The summed E-state index contributed by atoms with van der Waals surface area (Å²) in [6.45, 7) is -0.0325. The van der Waals surface area contributed by atoms with Crippen LogP contribution in [0.4, 0.5) is 10.1 Å². The number of halogens is 2. The Hall–Kier alpha value is -1.92. The van der Waals surface area contributed by atoms with E-state index in [9.17, 15) is 12.8 Å². The zero-order valence-corrected chi connectivity index (χ0v) is 14.2. The second-order valence-corrected chi connectivity index (χ2v) is 8.13. The summed E-state index contributed by atoms with van der Waals surface area (Å²) in [4.78, 5) is 0.281. The molecular weight excluding hydrogens is 381 g/mol. The van der Waals surface area contributed by atoms with Crippen LogP contribution in [0.25, 0.3) is 10.8 Å². The summed E-state index contributed by atoms with van der Waals surface area (Å²) in [6, 6.07) is 15.3. The second-order valence-electron chi connectivity index (χ2n) is 5.38. The maximum absolute atomic E-state index is 14.1. The molecule has 0 N–H and O–H groups in total. The summed E-state index contributed by atoms with van der Waals surface area (Å²) in [7, 11) is -3.67.